The third-order valence-electron chi connectivity index (χ3n) is 5.83. The van der Waals surface area contributed by atoms with Gasteiger partial charge in [-0.3, -0.25) is 14.4 Å². The molecule has 0 radical (unpaired) electrons. The fraction of sp³-hybridized carbons (Fsp3) is 0.429. The van der Waals surface area contributed by atoms with E-state index in [0.717, 1.165) is 12.0 Å². The monoisotopic (exact) mass is 430 g/mol. The van der Waals surface area contributed by atoms with E-state index in [-0.39, 0.29) is 18.0 Å². The van der Waals surface area contributed by atoms with Crippen molar-refractivity contribution in [1.29, 1.82) is 0 Å². The first-order valence-corrected chi connectivity index (χ1v) is 10.4. The lowest BCUT2D eigenvalue weighted by Gasteiger charge is -2.32. The molecule has 9 heteroatoms. The normalized spacial score (nSPS) is 18.6. The molecule has 0 bridgehead atoms. The Labute approximate surface area is 178 Å². The Kier molecular flexibility index (Phi) is 5.51. The molecule has 1 saturated heterocycles. The van der Waals surface area contributed by atoms with Crippen molar-refractivity contribution < 1.29 is 14.7 Å². The molecule has 0 unspecified atom stereocenters. The van der Waals surface area contributed by atoms with Gasteiger partial charge in [0.1, 0.15) is 5.82 Å². The molecule has 1 atom stereocenters. The number of hydrogen-bond acceptors (Lipinski definition) is 5. The number of carbonyl (C=O) groups excluding carboxylic acids is 2. The molecule has 1 N–H and O–H groups in total. The van der Waals surface area contributed by atoms with Gasteiger partial charge in [0, 0.05) is 38.1 Å². The molecular formula is C21H23ClN4O4. The fourth-order valence-electron chi connectivity index (χ4n) is 4.21. The summed E-state index contributed by atoms with van der Waals surface area (Å²) >= 11 is 6.20. The number of rotatable bonds is 4. The zero-order valence-electron chi connectivity index (χ0n) is 16.7. The maximum atomic E-state index is 13.0. The predicted molar refractivity (Wildman–Crippen MR) is 111 cm³/mol. The molecule has 1 fully saturated rings. The Bertz CT molecular complexity index is 1070. The summed E-state index contributed by atoms with van der Waals surface area (Å²) in [6.07, 6.45) is 2.24. The molecule has 1 aromatic heterocycles. The summed E-state index contributed by atoms with van der Waals surface area (Å²) in [5, 5.41) is 10.8. The Balaban J connectivity index is 1.62. The molecule has 30 heavy (non-hydrogen) atoms. The van der Waals surface area contributed by atoms with E-state index in [1.165, 1.54) is 4.90 Å². The highest BCUT2D eigenvalue weighted by atomic mass is 35.5. The summed E-state index contributed by atoms with van der Waals surface area (Å²) in [5.74, 6) is -0.731. The van der Waals surface area contributed by atoms with Gasteiger partial charge in [-0.2, -0.15) is 4.98 Å². The molecule has 2 aliphatic rings. The van der Waals surface area contributed by atoms with Gasteiger partial charge in [-0.05, 0) is 30.9 Å². The van der Waals surface area contributed by atoms with Crippen molar-refractivity contribution >= 4 is 23.4 Å². The van der Waals surface area contributed by atoms with Crippen LogP contribution >= 0.6 is 11.6 Å². The Morgan fingerprint density at radius 1 is 1.23 bits per heavy atom. The topological polar surface area (TPSA) is 95.7 Å². The Hall–Kier alpha value is -2.87. The van der Waals surface area contributed by atoms with E-state index >= 15 is 0 Å². The van der Waals surface area contributed by atoms with Crippen LogP contribution in [-0.4, -0.2) is 56.4 Å². The van der Waals surface area contributed by atoms with Gasteiger partial charge in [-0.25, -0.2) is 0 Å². The number of likely N-dealkylation sites (tertiary alicyclic amines) is 1. The second-order valence-corrected chi connectivity index (χ2v) is 8.09. The van der Waals surface area contributed by atoms with Crippen molar-refractivity contribution in [3.63, 3.8) is 0 Å². The summed E-state index contributed by atoms with van der Waals surface area (Å²) in [6.45, 7) is 1.41. The fourth-order valence-corrected chi connectivity index (χ4v) is 4.44. The molecular weight excluding hydrogens is 408 g/mol. The minimum atomic E-state index is -0.838. The van der Waals surface area contributed by atoms with Crippen LogP contribution in [-0.2, 0) is 17.8 Å². The molecule has 8 nitrogen and oxygen atoms in total. The number of hydrogen-bond donors (Lipinski definition) is 1. The van der Waals surface area contributed by atoms with Crippen molar-refractivity contribution in [2.24, 2.45) is 0 Å². The molecule has 0 spiro atoms. The lowest BCUT2D eigenvalue weighted by Crippen LogP contribution is -2.43. The molecule has 4 rings (SSSR count). The van der Waals surface area contributed by atoms with E-state index in [9.17, 15) is 19.5 Å². The third-order valence-corrected chi connectivity index (χ3v) is 6.20. The highest BCUT2D eigenvalue weighted by Crippen LogP contribution is 2.33. The van der Waals surface area contributed by atoms with Gasteiger partial charge in [0.05, 0.1) is 6.04 Å². The molecule has 2 amide bonds. The van der Waals surface area contributed by atoms with E-state index < -0.39 is 23.3 Å². The number of fused-ring (bicyclic) bond motifs is 1. The van der Waals surface area contributed by atoms with Crippen LogP contribution < -0.4 is 5.56 Å². The van der Waals surface area contributed by atoms with Crippen molar-refractivity contribution in [2.75, 3.05) is 20.1 Å². The molecule has 2 aliphatic heterocycles. The van der Waals surface area contributed by atoms with Crippen molar-refractivity contribution in [3.8, 4) is 5.75 Å². The lowest BCUT2D eigenvalue weighted by molar-refractivity contribution is -0.132. The van der Waals surface area contributed by atoms with Gasteiger partial charge in [0.15, 0.2) is 5.69 Å². The maximum absolute atomic E-state index is 13.0. The van der Waals surface area contributed by atoms with Crippen molar-refractivity contribution in [3.05, 3.63) is 56.7 Å². The van der Waals surface area contributed by atoms with E-state index in [4.69, 9.17) is 11.6 Å². The van der Waals surface area contributed by atoms with Crippen LogP contribution in [0.15, 0.2) is 29.1 Å². The van der Waals surface area contributed by atoms with Gasteiger partial charge in [-0.1, -0.05) is 29.8 Å². The van der Waals surface area contributed by atoms with Gasteiger partial charge in [0.25, 0.3) is 5.91 Å². The van der Waals surface area contributed by atoms with Gasteiger partial charge >= 0.3 is 5.56 Å². The van der Waals surface area contributed by atoms with Crippen molar-refractivity contribution in [2.45, 2.75) is 38.3 Å². The second-order valence-electron chi connectivity index (χ2n) is 7.69. The molecule has 1 aromatic carbocycles. The number of aromatic nitrogens is 2. The highest BCUT2D eigenvalue weighted by molar-refractivity contribution is 6.31. The predicted octanol–water partition coefficient (Wildman–Crippen LogP) is 1.98. The number of aryl methyl sites for hydroxylation is 1. The molecule has 0 aliphatic carbocycles. The minimum absolute atomic E-state index is 0.0471. The standard InChI is InChI=1S/C21H23ClN4O4/c1-24-11-12-26-17(21(24)30)18(28)20(29)23-19(26)15-7-4-10-25(15)16(27)9-8-13-5-2-3-6-14(13)22/h2-3,5-6,15,28H,4,7-12H2,1H3/t15-/m0/s1. The van der Waals surface area contributed by atoms with E-state index in [1.54, 1.807) is 22.6 Å². The number of nitrogens with zero attached hydrogens (tertiary/aromatic N) is 4. The average Bonchev–Trinajstić information content (AvgIpc) is 3.22. The molecule has 2 aromatic rings. The zero-order valence-corrected chi connectivity index (χ0v) is 17.4. The maximum Gasteiger partial charge on any atom is 0.315 e. The van der Waals surface area contributed by atoms with Crippen LogP contribution in [0.25, 0.3) is 0 Å². The molecule has 3 heterocycles. The zero-order chi connectivity index (χ0) is 21.4. The molecule has 158 valence electrons. The van der Waals surface area contributed by atoms with Crippen molar-refractivity contribution in [1.82, 2.24) is 19.4 Å². The summed E-state index contributed by atoms with van der Waals surface area (Å²) in [4.78, 5) is 45.1. The number of halogens is 1. The van der Waals surface area contributed by atoms with E-state index in [0.29, 0.717) is 43.3 Å². The lowest BCUT2D eigenvalue weighted by atomic mass is 10.1. The number of amides is 2. The quantitative estimate of drug-likeness (QED) is 0.800. The van der Waals surface area contributed by atoms with Gasteiger partial charge in [0.2, 0.25) is 11.7 Å². The Morgan fingerprint density at radius 3 is 2.77 bits per heavy atom. The van der Waals surface area contributed by atoms with Crippen LogP contribution in [0, 0.1) is 0 Å². The first-order chi connectivity index (χ1) is 14.4. The third kappa shape index (κ3) is 3.56. The second kappa shape index (κ2) is 8.10. The largest absolute Gasteiger partial charge is 0.501 e. The Morgan fingerprint density at radius 2 is 2.00 bits per heavy atom. The number of aromatic hydroxyl groups is 1. The van der Waals surface area contributed by atoms with Crippen LogP contribution in [0.3, 0.4) is 0 Å². The van der Waals surface area contributed by atoms with Crippen LogP contribution in [0.4, 0.5) is 0 Å². The number of benzene rings is 1. The average molecular weight is 431 g/mol. The summed E-state index contributed by atoms with van der Waals surface area (Å²) < 4.78 is 1.60. The van der Waals surface area contributed by atoms with E-state index in [1.807, 2.05) is 18.2 Å². The van der Waals surface area contributed by atoms with Crippen LogP contribution in [0.1, 0.15) is 47.2 Å². The molecule has 0 saturated carbocycles. The first kappa shape index (κ1) is 20.4. The number of carbonyl (C=O) groups is 2. The highest BCUT2D eigenvalue weighted by Gasteiger charge is 2.37. The van der Waals surface area contributed by atoms with E-state index in [2.05, 4.69) is 4.98 Å². The summed E-state index contributed by atoms with van der Waals surface area (Å²) in [5.41, 5.74) is 0.0256. The summed E-state index contributed by atoms with van der Waals surface area (Å²) in [7, 11) is 1.62. The van der Waals surface area contributed by atoms with Gasteiger partial charge in [-0.15, -0.1) is 0 Å². The number of likely N-dealkylation sites (N-methyl/N-ethyl adjacent to an activating group) is 1. The SMILES string of the molecule is CN1CCn2c([C@@H]3CCCN3C(=O)CCc3ccccc3Cl)nc(=O)c(O)c2C1=O. The minimum Gasteiger partial charge on any atom is -0.501 e. The van der Waals surface area contributed by atoms with Crippen LogP contribution in [0.2, 0.25) is 5.02 Å². The first-order valence-electron chi connectivity index (χ1n) is 10.0. The summed E-state index contributed by atoms with van der Waals surface area (Å²) in [6, 6.07) is 7.04. The van der Waals surface area contributed by atoms with Crippen LogP contribution in [0.5, 0.6) is 5.75 Å². The van der Waals surface area contributed by atoms with Gasteiger partial charge < -0.3 is 19.5 Å². The smallest absolute Gasteiger partial charge is 0.315 e.